The number of anilines is 1. The topological polar surface area (TPSA) is 62.5 Å². The van der Waals surface area contributed by atoms with E-state index in [1.54, 1.807) is 0 Å². The van der Waals surface area contributed by atoms with Gasteiger partial charge in [0.25, 0.3) is 5.91 Å². The van der Waals surface area contributed by atoms with E-state index < -0.39 is 0 Å². The zero-order valence-corrected chi connectivity index (χ0v) is 18.0. The zero-order valence-electron chi connectivity index (χ0n) is 18.0. The molecule has 2 aliphatic heterocycles. The van der Waals surface area contributed by atoms with Crippen LogP contribution in [0.2, 0.25) is 0 Å². The lowest BCUT2D eigenvalue weighted by atomic mass is 9.92. The highest BCUT2D eigenvalue weighted by Gasteiger charge is 2.31. The lowest BCUT2D eigenvalue weighted by Crippen LogP contribution is -2.33. The Morgan fingerprint density at radius 1 is 1.00 bits per heavy atom. The molecule has 160 valence electrons. The first-order valence-corrected chi connectivity index (χ1v) is 11.4. The largest absolute Gasteiger partial charge is 0.397 e. The van der Waals surface area contributed by atoms with Crippen molar-refractivity contribution in [1.82, 2.24) is 14.8 Å². The minimum atomic E-state index is 0.0448. The zero-order chi connectivity index (χ0) is 21.2. The van der Waals surface area contributed by atoms with E-state index in [0.717, 1.165) is 42.0 Å². The number of hydrogen-bond acceptors (Lipinski definition) is 4. The third-order valence-corrected chi connectivity index (χ3v) is 6.85. The number of hydrogen-bond donors (Lipinski definition) is 1. The van der Waals surface area contributed by atoms with Gasteiger partial charge in [-0.3, -0.25) is 9.69 Å². The molecule has 1 saturated heterocycles. The summed E-state index contributed by atoms with van der Waals surface area (Å²) in [6, 6.07) is 18.5. The van der Waals surface area contributed by atoms with E-state index in [0.29, 0.717) is 17.8 Å². The Bertz CT molecular complexity index is 1070. The van der Waals surface area contributed by atoms with E-state index in [-0.39, 0.29) is 5.91 Å². The van der Waals surface area contributed by atoms with Crippen molar-refractivity contribution in [2.24, 2.45) is 5.92 Å². The Labute approximate surface area is 183 Å². The van der Waals surface area contributed by atoms with Gasteiger partial charge in [0.15, 0.2) is 0 Å². The fraction of sp³-hybridized carbons (Fsp3) is 0.385. The number of nitrogens with zero attached hydrogens (tertiary/aromatic N) is 3. The lowest BCUT2D eigenvalue weighted by molar-refractivity contribution is 0.0770. The smallest absolute Gasteiger partial charge is 0.258 e. The van der Waals surface area contributed by atoms with Crippen LogP contribution < -0.4 is 5.73 Å². The number of fused-ring (bicyclic) bond motifs is 2. The fourth-order valence-corrected chi connectivity index (χ4v) is 5.08. The second kappa shape index (κ2) is 8.67. The Morgan fingerprint density at radius 2 is 1.74 bits per heavy atom. The van der Waals surface area contributed by atoms with Crippen molar-refractivity contribution in [3.63, 3.8) is 0 Å². The van der Waals surface area contributed by atoms with E-state index >= 15 is 0 Å². The number of nitrogen functional groups attached to an aromatic ring is 1. The van der Waals surface area contributed by atoms with Crippen molar-refractivity contribution in [2.45, 2.75) is 38.8 Å². The third-order valence-electron chi connectivity index (χ3n) is 6.85. The maximum absolute atomic E-state index is 13.0. The van der Waals surface area contributed by atoms with E-state index in [1.807, 2.05) is 29.2 Å². The van der Waals surface area contributed by atoms with Crippen LogP contribution in [0.3, 0.4) is 0 Å². The van der Waals surface area contributed by atoms with E-state index in [4.69, 9.17) is 10.7 Å². The number of nitrogens with two attached hydrogens (primary N) is 1. The van der Waals surface area contributed by atoms with Crippen molar-refractivity contribution in [2.75, 3.05) is 25.4 Å². The molecule has 5 heteroatoms. The molecule has 0 bridgehead atoms. The molecule has 5 nitrogen and oxygen atoms in total. The molecule has 0 saturated carbocycles. The van der Waals surface area contributed by atoms with Crippen LogP contribution in [0.5, 0.6) is 0 Å². The molecule has 3 aromatic rings. The summed E-state index contributed by atoms with van der Waals surface area (Å²) in [5.41, 5.74) is 10.6. The summed E-state index contributed by atoms with van der Waals surface area (Å²) in [4.78, 5) is 22.2. The van der Waals surface area contributed by atoms with Crippen LogP contribution in [-0.2, 0) is 13.1 Å². The number of carbonyl (C=O) groups excluding carboxylic acids is 1. The molecule has 2 N–H and O–H groups in total. The van der Waals surface area contributed by atoms with Crippen LogP contribution in [0.1, 0.15) is 47.3 Å². The molecule has 31 heavy (non-hydrogen) atoms. The van der Waals surface area contributed by atoms with Crippen LogP contribution >= 0.6 is 0 Å². The number of benzene rings is 2. The van der Waals surface area contributed by atoms with Gasteiger partial charge in [-0.2, -0.15) is 0 Å². The molecule has 5 rings (SSSR count). The molecule has 0 radical (unpaired) electrons. The fourth-order valence-electron chi connectivity index (χ4n) is 5.08. The highest BCUT2D eigenvalue weighted by Crippen LogP contribution is 2.32. The first-order valence-electron chi connectivity index (χ1n) is 11.4. The molecule has 2 aliphatic rings. The Balaban J connectivity index is 1.12. The number of rotatable bonds is 6. The molecule has 0 unspecified atom stereocenters. The molecule has 0 atom stereocenters. The molecule has 1 fully saturated rings. The molecule has 3 heterocycles. The molecule has 1 amide bonds. The summed E-state index contributed by atoms with van der Waals surface area (Å²) in [6.07, 6.45) is 4.73. The van der Waals surface area contributed by atoms with Gasteiger partial charge in [-0.05, 0) is 56.3 Å². The summed E-state index contributed by atoms with van der Waals surface area (Å²) in [5, 5.41) is 0.874. The number of para-hydroxylation sites is 1. The summed E-state index contributed by atoms with van der Waals surface area (Å²) < 4.78 is 0. The van der Waals surface area contributed by atoms with Gasteiger partial charge in [-0.15, -0.1) is 0 Å². The van der Waals surface area contributed by atoms with E-state index in [1.165, 1.54) is 37.9 Å². The van der Waals surface area contributed by atoms with Gasteiger partial charge in [0, 0.05) is 18.5 Å². The molecule has 2 aromatic carbocycles. The molecular formula is C26H30N4O. The van der Waals surface area contributed by atoms with Crippen molar-refractivity contribution >= 4 is 22.5 Å². The van der Waals surface area contributed by atoms with Crippen molar-refractivity contribution < 1.29 is 4.79 Å². The predicted molar refractivity (Wildman–Crippen MR) is 125 cm³/mol. The summed E-state index contributed by atoms with van der Waals surface area (Å²) in [5.74, 6) is 0.807. The summed E-state index contributed by atoms with van der Waals surface area (Å²) in [6.45, 7) is 4.76. The van der Waals surface area contributed by atoms with Gasteiger partial charge in [-0.25, -0.2) is 4.98 Å². The molecule has 0 aliphatic carbocycles. The second-order valence-electron chi connectivity index (χ2n) is 8.94. The van der Waals surface area contributed by atoms with E-state index in [2.05, 4.69) is 35.2 Å². The number of carbonyl (C=O) groups is 1. The van der Waals surface area contributed by atoms with Crippen LogP contribution in [-0.4, -0.2) is 40.3 Å². The van der Waals surface area contributed by atoms with Crippen LogP contribution in [0.4, 0.5) is 5.69 Å². The molecular weight excluding hydrogens is 384 g/mol. The minimum absolute atomic E-state index is 0.0448. The number of piperidine rings is 1. The number of pyridine rings is 1. The predicted octanol–water partition coefficient (Wildman–Crippen LogP) is 4.47. The van der Waals surface area contributed by atoms with Gasteiger partial charge in [0.1, 0.15) is 0 Å². The second-order valence-corrected chi connectivity index (χ2v) is 8.94. The van der Waals surface area contributed by atoms with Gasteiger partial charge in [0.2, 0.25) is 0 Å². The minimum Gasteiger partial charge on any atom is -0.397 e. The van der Waals surface area contributed by atoms with Gasteiger partial charge in [-0.1, -0.05) is 48.5 Å². The van der Waals surface area contributed by atoms with E-state index in [9.17, 15) is 4.79 Å². The Hall–Kier alpha value is -2.92. The van der Waals surface area contributed by atoms with Gasteiger partial charge >= 0.3 is 0 Å². The normalized spacial score (nSPS) is 17.4. The number of likely N-dealkylation sites (tertiary alicyclic amines) is 1. The first-order chi connectivity index (χ1) is 15.2. The summed E-state index contributed by atoms with van der Waals surface area (Å²) >= 11 is 0. The standard InChI is InChI=1S/C26H30N4O/c27-25-21-10-4-5-11-22(21)28-23-18-30(26(31)24(23)25)14-6-9-19-12-15-29(16-13-19)17-20-7-2-1-3-8-20/h1-5,7-8,10-11,19H,6,9,12-18H2,(H2,27,28). The van der Waals surface area contributed by atoms with Gasteiger partial charge < -0.3 is 10.6 Å². The average molecular weight is 415 g/mol. The summed E-state index contributed by atoms with van der Waals surface area (Å²) in [7, 11) is 0. The van der Waals surface area contributed by atoms with Crippen LogP contribution in [0, 0.1) is 5.92 Å². The molecule has 1 aromatic heterocycles. The molecule has 0 spiro atoms. The highest BCUT2D eigenvalue weighted by atomic mass is 16.2. The van der Waals surface area contributed by atoms with Crippen molar-refractivity contribution in [1.29, 1.82) is 0 Å². The third kappa shape index (κ3) is 4.15. The monoisotopic (exact) mass is 414 g/mol. The SMILES string of the molecule is Nc1c2c(nc3ccccc13)CN(CCCC1CCN(Cc3ccccc3)CC1)C2=O. The van der Waals surface area contributed by atoms with Crippen LogP contribution in [0.25, 0.3) is 10.9 Å². The number of aromatic nitrogens is 1. The van der Waals surface area contributed by atoms with Crippen molar-refractivity contribution in [3.8, 4) is 0 Å². The Kier molecular flexibility index (Phi) is 5.60. The average Bonchev–Trinajstić information content (AvgIpc) is 3.11. The highest BCUT2D eigenvalue weighted by molar-refractivity contribution is 6.09. The van der Waals surface area contributed by atoms with Crippen LogP contribution in [0.15, 0.2) is 54.6 Å². The van der Waals surface area contributed by atoms with Gasteiger partial charge in [0.05, 0.1) is 29.0 Å². The van der Waals surface area contributed by atoms with Crippen molar-refractivity contribution in [3.05, 3.63) is 71.4 Å². The first kappa shape index (κ1) is 20.0. The maximum atomic E-state index is 13.0. The quantitative estimate of drug-likeness (QED) is 0.647. The maximum Gasteiger partial charge on any atom is 0.258 e. The lowest BCUT2D eigenvalue weighted by Gasteiger charge is -2.32. The Morgan fingerprint density at radius 3 is 2.55 bits per heavy atom. The number of amides is 1.